The fourth-order valence-corrected chi connectivity index (χ4v) is 1.62. The third-order valence-electron chi connectivity index (χ3n) is 2.48. The molecule has 0 spiro atoms. The highest BCUT2D eigenvalue weighted by atomic mass is 35.5. The lowest BCUT2D eigenvalue weighted by Crippen LogP contribution is -2.00. The van der Waals surface area contributed by atoms with E-state index >= 15 is 0 Å². The molecule has 0 saturated heterocycles. The number of halogens is 1. The lowest BCUT2D eigenvalue weighted by Gasteiger charge is -2.13. The lowest BCUT2D eigenvalue weighted by molar-refractivity contribution is 0.202. The maximum Gasteiger partial charge on any atom is 0.0608 e. The second kappa shape index (κ2) is 6.14. The number of rotatable bonds is 5. The molecule has 1 rings (SSSR count). The molecule has 0 aliphatic rings. The van der Waals surface area contributed by atoms with Crippen molar-refractivity contribution in [1.82, 2.24) is 0 Å². The quantitative estimate of drug-likeness (QED) is 0.694. The van der Waals surface area contributed by atoms with Crippen molar-refractivity contribution in [3.63, 3.8) is 0 Å². The third kappa shape index (κ3) is 3.84. The van der Waals surface area contributed by atoms with Crippen molar-refractivity contribution in [3.05, 3.63) is 35.4 Å². The molecule has 15 heavy (non-hydrogen) atoms. The van der Waals surface area contributed by atoms with Gasteiger partial charge in [0.1, 0.15) is 0 Å². The van der Waals surface area contributed by atoms with E-state index < -0.39 is 0 Å². The molecule has 1 unspecified atom stereocenters. The van der Waals surface area contributed by atoms with E-state index in [1.165, 1.54) is 11.1 Å². The number of hydrogen-bond donors (Lipinski definition) is 0. The van der Waals surface area contributed by atoms with Crippen molar-refractivity contribution in [2.24, 2.45) is 5.92 Å². The van der Waals surface area contributed by atoms with Gasteiger partial charge in [0.2, 0.25) is 0 Å². The van der Waals surface area contributed by atoms with Gasteiger partial charge in [0.15, 0.2) is 0 Å². The van der Waals surface area contributed by atoms with E-state index in [-0.39, 0.29) is 5.38 Å². The highest BCUT2D eigenvalue weighted by Gasteiger charge is 2.11. The summed E-state index contributed by atoms with van der Waals surface area (Å²) in [7, 11) is 1.72. The highest BCUT2D eigenvalue weighted by molar-refractivity contribution is 6.20. The summed E-state index contributed by atoms with van der Waals surface area (Å²) in [6.07, 6.45) is 0.964. The molecule has 1 atom stereocenters. The molecule has 1 nitrogen and oxygen atoms in total. The molecular formula is C13H19ClO. The van der Waals surface area contributed by atoms with Gasteiger partial charge in [0, 0.05) is 7.11 Å². The Bertz CT molecular complexity index is 279. The summed E-state index contributed by atoms with van der Waals surface area (Å²) in [6, 6.07) is 8.49. The van der Waals surface area contributed by atoms with Crippen LogP contribution in [-0.4, -0.2) is 13.7 Å². The van der Waals surface area contributed by atoms with Crippen LogP contribution in [0.2, 0.25) is 0 Å². The van der Waals surface area contributed by atoms with Crippen LogP contribution in [-0.2, 0) is 11.2 Å². The van der Waals surface area contributed by atoms with Crippen LogP contribution >= 0.6 is 11.6 Å². The molecule has 0 saturated carbocycles. The molecule has 0 aliphatic carbocycles. The largest absolute Gasteiger partial charge is 0.384 e. The molecule has 1 aromatic carbocycles. The molecule has 2 heteroatoms. The normalized spacial score (nSPS) is 13.1. The first-order valence-electron chi connectivity index (χ1n) is 5.37. The van der Waals surface area contributed by atoms with Gasteiger partial charge in [-0.1, -0.05) is 38.1 Å². The van der Waals surface area contributed by atoms with Gasteiger partial charge in [-0.3, -0.25) is 0 Å². The molecule has 84 valence electrons. The molecule has 0 amide bonds. The van der Waals surface area contributed by atoms with Gasteiger partial charge in [0.05, 0.1) is 12.0 Å². The van der Waals surface area contributed by atoms with Gasteiger partial charge in [-0.15, -0.1) is 11.6 Å². The van der Waals surface area contributed by atoms with E-state index in [2.05, 4.69) is 38.1 Å². The van der Waals surface area contributed by atoms with Crippen LogP contribution in [0.15, 0.2) is 24.3 Å². The van der Waals surface area contributed by atoms with Crippen molar-refractivity contribution < 1.29 is 4.74 Å². The first kappa shape index (κ1) is 12.5. The van der Waals surface area contributed by atoms with Gasteiger partial charge in [-0.25, -0.2) is 0 Å². The summed E-state index contributed by atoms with van der Waals surface area (Å²) in [5.41, 5.74) is 2.50. The zero-order valence-corrected chi connectivity index (χ0v) is 10.4. The monoisotopic (exact) mass is 226 g/mol. The maximum atomic E-state index is 6.27. The molecular weight excluding hydrogens is 208 g/mol. The van der Waals surface area contributed by atoms with E-state index in [9.17, 15) is 0 Å². The van der Waals surface area contributed by atoms with Gasteiger partial charge < -0.3 is 4.74 Å². The van der Waals surface area contributed by atoms with E-state index in [1.807, 2.05) is 0 Å². The molecule has 0 aromatic heterocycles. The van der Waals surface area contributed by atoms with Crippen LogP contribution in [0.3, 0.4) is 0 Å². The number of hydrogen-bond acceptors (Lipinski definition) is 1. The fraction of sp³-hybridized carbons (Fsp3) is 0.538. The topological polar surface area (TPSA) is 9.23 Å². The third-order valence-corrected chi connectivity index (χ3v) is 3.23. The van der Waals surface area contributed by atoms with Crippen molar-refractivity contribution in [3.8, 4) is 0 Å². The second-order valence-electron chi connectivity index (χ2n) is 4.13. The van der Waals surface area contributed by atoms with Crippen LogP contribution in [0.25, 0.3) is 0 Å². The predicted molar refractivity (Wildman–Crippen MR) is 65.5 cm³/mol. The minimum Gasteiger partial charge on any atom is -0.384 e. The molecule has 0 heterocycles. The molecule has 0 radical (unpaired) electrons. The van der Waals surface area contributed by atoms with Gasteiger partial charge in [-0.05, 0) is 23.5 Å². The minimum absolute atomic E-state index is 0.112. The Hall–Kier alpha value is -0.530. The van der Waals surface area contributed by atoms with Gasteiger partial charge >= 0.3 is 0 Å². The molecule has 0 N–H and O–H groups in total. The van der Waals surface area contributed by atoms with Crippen LogP contribution in [0.1, 0.15) is 30.4 Å². The van der Waals surface area contributed by atoms with Crippen molar-refractivity contribution in [1.29, 1.82) is 0 Å². The first-order valence-corrected chi connectivity index (χ1v) is 5.80. The summed E-state index contributed by atoms with van der Waals surface area (Å²) in [5, 5.41) is 0.112. The SMILES string of the molecule is COCCc1ccc(C(Cl)C(C)C)cc1. The highest BCUT2D eigenvalue weighted by Crippen LogP contribution is 2.28. The van der Waals surface area contributed by atoms with Crippen LogP contribution in [0.5, 0.6) is 0 Å². The fourth-order valence-electron chi connectivity index (χ4n) is 1.47. The molecule has 0 aliphatic heterocycles. The Morgan fingerprint density at radius 3 is 2.27 bits per heavy atom. The summed E-state index contributed by atoms with van der Waals surface area (Å²) in [6.45, 7) is 5.04. The van der Waals surface area contributed by atoms with E-state index in [0.717, 1.165) is 13.0 Å². The van der Waals surface area contributed by atoms with E-state index in [4.69, 9.17) is 16.3 Å². The van der Waals surface area contributed by atoms with Gasteiger partial charge in [0.25, 0.3) is 0 Å². The number of benzene rings is 1. The number of alkyl halides is 1. The average Bonchev–Trinajstić information content (AvgIpc) is 2.26. The average molecular weight is 227 g/mol. The predicted octanol–water partition coefficient (Wildman–Crippen LogP) is 3.81. The minimum atomic E-state index is 0.112. The molecule has 1 aromatic rings. The Labute approximate surface area is 97.4 Å². The summed E-state index contributed by atoms with van der Waals surface area (Å²) >= 11 is 6.27. The smallest absolute Gasteiger partial charge is 0.0608 e. The summed E-state index contributed by atoms with van der Waals surface area (Å²) in [4.78, 5) is 0. The van der Waals surface area contributed by atoms with E-state index in [0.29, 0.717) is 5.92 Å². The first-order chi connectivity index (χ1) is 7.15. The Balaban J connectivity index is 2.63. The van der Waals surface area contributed by atoms with Crippen LogP contribution < -0.4 is 0 Å². The van der Waals surface area contributed by atoms with Crippen LogP contribution in [0.4, 0.5) is 0 Å². The summed E-state index contributed by atoms with van der Waals surface area (Å²) in [5.74, 6) is 0.469. The Morgan fingerprint density at radius 1 is 1.20 bits per heavy atom. The second-order valence-corrected chi connectivity index (χ2v) is 4.60. The van der Waals surface area contributed by atoms with Crippen LogP contribution in [0, 0.1) is 5.92 Å². The lowest BCUT2D eigenvalue weighted by atomic mass is 10.0. The Morgan fingerprint density at radius 2 is 1.80 bits per heavy atom. The molecule has 0 fully saturated rings. The summed E-state index contributed by atoms with van der Waals surface area (Å²) < 4.78 is 5.04. The zero-order chi connectivity index (χ0) is 11.3. The zero-order valence-electron chi connectivity index (χ0n) is 9.66. The van der Waals surface area contributed by atoms with Crippen molar-refractivity contribution in [2.45, 2.75) is 25.6 Å². The Kier molecular flexibility index (Phi) is 5.13. The number of ether oxygens (including phenoxy) is 1. The van der Waals surface area contributed by atoms with Gasteiger partial charge in [-0.2, -0.15) is 0 Å². The standard InChI is InChI=1S/C13H19ClO/c1-10(2)13(14)12-6-4-11(5-7-12)8-9-15-3/h4-7,10,13H,8-9H2,1-3H3. The molecule has 0 bridgehead atoms. The maximum absolute atomic E-state index is 6.27. The van der Waals surface area contributed by atoms with Crippen molar-refractivity contribution >= 4 is 11.6 Å². The number of methoxy groups -OCH3 is 1. The van der Waals surface area contributed by atoms with Crippen molar-refractivity contribution in [2.75, 3.05) is 13.7 Å². The van der Waals surface area contributed by atoms with E-state index in [1.54, 1.807) is 7.11 Å².